The second kappa shape index (κ2) is 6.21. The van der Waals surface area contributed by atoms with Crippen molar-refractivity contribution in [3.05, 3.63) is 29.8 Å². The number of nitriles is 1. The molecular weight excluding hydrogens is 240 g/mol. The minimum atomic E-state index is -0.100. The highest BCUT2D eigenvalue weighted by Crippen LogP contribution is 2.13. The third-order valence-corrected chi connectivity index (χ3v) is 3.44. The van der Waals surface area contributed by atoms with Crippen molar-refractivity contribution in [2.45, 2.75) is 18.9 Å². The molecule has 0 aliphatic carbocycles. The Morgan fingerprint density at radius 1 is 1.37 bits per heavy atom. The Kier molecular flexibility index (Phi) is 4.37. The van der Waals surface area contributed by atoms with E-state index in [0.29, 0.717) is 17.3 Å². The fraction of sp³-hybridized carbons (Fsp3) is 0.429. The van der Waals surface area contributed by atoms with Crippen molar-refractivity contribution in [1.82, 2.24) is 10.2 Å². The minimum Gasteiger partial charge on any atom is -0.325 e. The first-order valence-electron chi connectivity index (χ1n) is 6.45. The number of amides is 2. The maximum Gasteiger partial charge on any atom is 0.321 e. The van der Waals surface area contributed by atoms with E-state index in [9.17, 15) is 4.79 Å². The third-order valence-electron chi connectivity index (χ3n) is 3.44. The molecule has 1 aliphatic heterocycles. The van der Waals surface area contributed by atoms with Gasteiger partial charge in [-0.1, -0.05) is 0 Å². The predicted octanol–water partition coefficient (Wildman–Crippen LogP) is 1.77. The van der Waals surface area contributed by atoms with Crippen LogP contribution in [0, 0.1) is 11.3 Å². The van der Waals surface area contributed by atoms with E-state index >= 15 is 0 Å². The van der Waals surface area contributed by atoms with Gasteiger partial charge < -0.3 is 15.5 Å². The van der Waals surface area contributed by atoms with Gasteiger partial charge in [-0.15, -0.1) is 0 Å². The molecule has 1 aromatic carbocycles. The Morgan fingerprint density at radius 3 is 2.58 bits per heavy atom. The van der Waals surface area contributed by atoms with E-state index in [1.807, 2.05) is 7.05 Å². The lowest BCUT2D eigenvalue weighted by Gasteiger charge is -2.31. The van der Waals surface area contributed by atoms with E-state index in [0.717, 1.165) is 25.9 Å². The number of urea groups is 1. The zero-order valence-electron chi connectivity index (χ0n) is 11.0. The van der Waals surface area contributed by atoms with Crippen LogP contribution in [0.2, 0.25) is 0 Å². The second-order valence-corrected chi connectivity index (χ2v) is 4.71. The van der Waals surface area contributed by atoms with E-state index in [2.05, 4.69) is 16.7 Å². The van der Waals surface area contributed by atoms with Gasteiger partial charge in [-0.05, 0) is 50.2 Å². The van der Waals surface area contributed by atoms with Crippen LogP contribution in [0.15, 0.2) is 24.3 Å². The van der Waals surface area contributed by atoms with E-state index in [4.69, 9.17) is 5.26 Å². The lowest BCUT2D eigenvalue weighted by molar-refractivity contribution is 0.189. The van der Waals surface area contributed by atoms with Gasteiger partial charge in [-0.2, -0.15) is 5.26 Å². The van der Waals surface area contributed by atoms with Crippen LogP contribution < -0.4 is 10.6 Å². The van der Waals surface area contributed by atoms with E-state index in [-0.39, 0.29) is 6.03 Å². The molecule has 2 rings (SSSR count). The molecule has 1 saturated heterocycles. The molecule has 2 N–H and O–H groups in total. The first-order chi connectivity index (χ1) is 9.20. The average molecular weight is 258 g/mol. The molecular formula is C14H18N4O. The van der Waals surface area contributed by atoms with Gasteiger partial charge >= 0.3 is 6.03 Å². The van der Waals surface area contributed by atoms with Gasteiger partial charge in [0.15, 0.2) is 0 Å². The van der Waals surface area contributed by atoms with Gasteiger partial charge in [-0.3, -0.25) is 0 Å². The molecule has 2 amide bonds. The van der Waals surface area contributed by atoms with Crippen molar-refractivity contribution in [1.29, 1.82) is 5.26 Å². The number of benzene rings is 1. The molecule has 19 heavy (non-hydrogen) atoms. The lowest BCUT2D eigenvalue weighted by atomic mass is 10.1. The highest BCUT2D eigenvalue weighted by Gasteiger charge is 2.21. The first kappa shape index (κ1) is 13.4. The first-order valence-corrected chi connectivity index (χ1v) is 6.45. The molecule has 0 spiro atoms. The SMILES string of the molecule is CN(C(=O)Nc1ccc(C#N)cc1)C1CCNCC1. The molecule has 0 bridgehead atoms. The molecule has 0 aromatic heterocycles. The van der Waals surface area contributed by atoms with E-state index in [1.54, 1.807) is 29.2 Å². The molecule has 1 heterocycles. The van der Waals surface area contributed by atoms with E-state index in [1.165, 1.54) is 0 Å². The number of nitrogens with zero attached hydrogens (tertiary/aromatic N) is 2. The monoisotopic (exact) mass is 258 g/mol. The molecule has 0 atom stereocenters. The third kappa shape index (κ3) is 3.46. The average Bonchev–Trinajstić information content (AvgIpc) is 2.48. The predicted molar refractivity (Wildman–Crippen MR) is 73.8 cm³/mol. The summed E-state index contributed by atoms with van der Waals surface area (Å²) in [5.41, 5.74) is 1.30. The highest BCUT2D eigenvalue weighted by atomic mass is 16.2. The van der Waals surface area contributed by atoms with Crippen LogP contribution in [-0.2, 0) is 0 Å². The fourth-order valence-corrected chi connectivity index (χ4v) is 2.20. The normalized spacial score (nSPS) is 15.6. The Labute approximate surface area is 113 Å². The van der Waals surface area contributed by atoms with Crippen molar-refractivity contribution in [2.24, 2.45) is 0 Å². The second-order valence-electron chi connectivity index (χ2n) is 4.71. The molecule has 1 aliphatic rings. The number of rotatable bonds is 2. The van der Waals surface area contributed by atoms with Crippen LogP contribution in [0.25, 0.3) is 0 Å². The Bertz CT molecular complexity index is 471. The minimum absolute atomic E-state index is 0.100. The largest absolute Gasteiger partial charge is 0.325 e. The quantitative estimate of drug-likeness (QED) is 0.849. The summed E-state index contributed by atoms with van der Waals surface area (Å²) in [6.45, 7) is 1.91. The van der Waals surface area contributed by atoms with Crippen molar-refractivity contribution in [3.8, 4) is 6.07 Å². The zero-order chi connectivity index (χ0) is 13.7. The smallest absolute Gasteiger partial charge is 0.321 e. The standard InChI is InChI=1S/C14H18N4O/c1-18(13-6-8-16-9-7-13)14(19)17-12-4-2-11(10-15)3-5-12/h2-5,13,16H,6-9H2,1H3,(H,17,19). The fourth-order valence-electron chi connectivity index (χ4n) is 2.20. The van der Waals surface area contributed by atoms with Crippen LogP contribution in [0.5, 0.6) is 0 Å². The number of nitrogens with one attached hydrogen (secondary N) is 2. The van der Waals surface area contributed by atoms with E-state index < -0.39 is 0 Å². The van der Waals surface area contributed by atoms with Crippen LogP contribution in [0.4, 0.5) is 10.5 Å². The molecule has 1 fully saturated rings. The number of carbonyl (C=O) groups excluding carboxylic acids is 1. The van der Waals surface area contributed by atoms with Crippen molar-refractivity contribution in [2.75, 3.05) is 25.5 Å². The number of anilines is 1. The Hall–Kier alpha value is -2.06. The van der Waals surface area contributed by atoms with Gasteiger partial charge in [-0.25, -0.2) is 4.79 Å². The molecule has 0 unspecified atom stereocenters. The van der Waals surface area contributed by atoms with Gasteiger partial charge in [0.05, 0.1) is 11.6 Å². The van der Waals surface area contributed by atoms with Gasteiger partial charge in [0.25, 0.3) is 0 Å². The lowest BCUT2D eigenvalue weighted by Crippen LogP contribution is -2.45. The summed E-state index contributed by atoms with van der Waals surface area (Å²) in [5.74, 6) is 0. The summed E-state index contributed by atoms with van der Waals surface area (Å²) < 4.78 is 0. The molecule has 0 radical (unpaired) electrons. The molecule has 100 valence electrons. The topological polar surface area (TPSA) is 68.2 Å². The summed E-state index contributed by atoms with van der Waals surface area (Å²) >= 11 is 0. The summed E-state index contributed by atoms with van der Waals surface area (Å²) in [5, 5.41) is 14.8. The number of hydrogen-bond donors (Lipinski definition) is 2. The van der Waals surface area contributed by atoms with Gasteiger partial charge in [0, 0.05) is 18.8 Å². The summed E-state index contributed by atoms with van der Waals surface area (Å²) in [6.07, 6.45) is 1.97. The summed E-state index contributed by atoms with van der Waals surface area (Å²) in [7, 11) is 1.83. The van der Waals surface area contributed by atoms with Crippen molar-refractivity contribution >= 4 is 11.7 Å². The summed E-state index contributed by atoms with van der Waals surface area (Å²) in [6, 6.07) is 9.12. The molecule has 1 aromatic rings. The maximum absolute atomic E-state index is 12.1. The summed E-state index contributed by atoms with van der Waals surface area (Å²) in [4.78, 5) is 13.9. The highest BCUT2D eigenvalue weighted by molar-refractivity contribution is 5.89. The van der Waals surface area contributed by atoms with Crippen molar-refractivity contribution < 1.29 is 4.79 Å². The van der Waals surface area contributed by atoms with Gasteiger partial charge in [0.1, 0.15) is 0 Å². The number of piperidine rings is 1. The Balaban J connectivity index is 1.93. The van der Waals surface area contributed by atoms with Crippen LogP contribution in [-0.4, -0.2) is 37.1 Å². The zero-order valence-corrected chi connectivity index (χ0v) is 11.0. The molecule has 0 saturated carbocycles. The Morgan fingerprint density at radius 2 is 2.00 bits per heavy atom. The number of hydrogen-bond acceptors (Lipinski definition) is 3. The number of carbonyl (C=O) groups is 1. The van der Waals surface area contributed by atoms with Crippen LogP contribution in [0.1, 0.15) is 18.4 Å². The van der Waals surface area contributed by atoms with Crippen LogP contribution >= 0.6 is 0 Å². The molecule has 5 heteroatoms. The van der Waals surface area contributed by atoms with Gasteiger partial charge in [0.2, 0.25) is 0 Å². The van der Waals surface area contributed by atoms with Crippen molar-refractivity contribution in [3.63, 3.8) is 0 Å². The van der Waals surface area contributed by atoms with Crippen LogP contribution in [0.3, 0.4) is 0 Å². The molecule has 5 nitrogen and oxygen atoms in total. The maximum atomic E-state index is 12.1.